The number of aryl methyl sites for hydroxylation is 1. The van der Waals surface area contributed by atoms with E-state index in [1.165, 1.54) is 6.07 Å². The normalized spacial score (nSPS) is 28.1. The Morgan fingerprint density at radius 2 is 2.08 bits per heavy atom. The summed E-state index contributed by atoms with van der Waals surface area (Å²) >= 11 is 0. The van der Waals surface area contributed by atoms with Crippen LogP contribution in [0.5, 0.6) is 0 Å². The first kappa shape index (κ1) is 17.1. The third-order valence-corrected chi connectivity index (χ3v) is 5.48. The molecule has 1 unspecified atom stereocenters. The van der Waals surface area contributed by atoms with Crippen LogP contribution in [-0.4, -0.2) is 21.4 Å². The molecular formula is C19H25FN6. The first-order valence-corrected chi connectivity index (χ1v) is 9.07. The zero-order chi connectivity index (χ0) is 18.3. The second-order valence-electron chi connectivity index (χ2n) is 7.42. The minimum Gasteiger partial charge on any atom is -0.353 e. The Labute approximate surface area is 152 Å². The molecule has 4 rings (SSSR count). The molecule has 0 radical (unpaired) electrons. The van der Waals surface area contributed by atoms with Crippen molar-refractivity contribution in [2.45, 2.75) is 44.3 Å². The number of halogens is 1. The Kier molecular flexibility index (Phi) is 4.20. The minimum absolute atomic E-state index is 0.242. The number of aromatic nitrogens is 2. The van der Waals surface area contributed by atoms with E-state index in [4.69, 9.17) is 11.5 Å². The second kappa shape index (κ2) is 6.41. The summed E-state index contributed by atoms with van der Waals surface area (Å²) in [4.78, 5) is 4.40. The van der Waals surface area contributed by atoms with Crippen molar-refractivity contribution < 1.29 is 4.39 Å². The third kappa shape index (κ3) is 3.08. The van der Waals surface area contributed by atoms with E-state index in [-0.39, 0.29) is 17.8 Å². The number of hydrogen-bond acceptors (Lipinski definition) is 5. The topological polar surface area (TPSA) is 93.9 Å². The molecule has 0 spiro atoms. The highest BCUT2D eigenvalue weighted by Crippen LogP contribution is 2.35. The number of hydrogen-bond donors (Lipinski definition) is 4. The molecule has 1 saturated carbocycles. The summed E-state index contributed by atoms with van der Waals surface area (Å²) in [6, 6.07) is 5.36. The van der Waals surface area contributed by atoms with Gasteiger partial charge in [-0.1, -0.05) is 6.07 Å². The number of nitrogens with one attached hydrogen (secondary N) is 2. The molecule has 1 aliphatic carbocycles. The lowest BCUT2D eigenvalue weighted by Gasteiger charge is -2.42. The van der Waals surface area contributed by atoms with Gasteiger partial charge in [-0.2, -0.15) is 0 Å². The maximum absolute atomic E-state index is 13.9. The van der Waals surface area contributed by atoms with Crippen LogP contribution in [0, 0.1) is 18.7 Å². The Bertz CT molecular complexity index is 836. The van der Waals surface area contributed by atoms with Crippen LogP contribution >= 0.6 is 0 Å². The molecular weight excluding hydrogens is 331 g/mol. The molecule has 7 heteroatoms. The van der Waals surface area contributed by atoms with Gasteiger partial charge in [0.25, 0.3) is 0 Å². The summed E-state index contributed by atoms with van der Waals surface area (Å²) in [6.45, 7) is 1.74. The van der Waals surface area contributed by atoms with Gasteiger partial charge < -0.3 is 22.2 Å². The van der Waals surface area contributed by atoms with E-state index >= 15 is 0 Å². The average molecular weight is 356 g/mol. The summed E-state index contributed by atoms with van der Waals surface area (Å²) in [7, 11) is 0. The third-order valence-electron chi connectivity index (χ3n) is 5.48. The van der Waals surface area contributed by atoms with Crippen LogP contribution in [-0.2, 0) is 0 Å². The minimum atomic E-state index is -0.709. The molecule has 1 aliphatic heterocycles. The van der Waals surface area contributed by atoms with Crippen molar-refractivity contribution in [3.63, 3.8) is 0 Å². The summed E-state index contributed by atoms with van der Waals surface area (Å²) in [5, 5.41) is 3.29. The van der Waals surface area contributed by atoms with Crippen molar-refractivity contribution >= 4 is 11.4 Å². The van der Waals surface area contributed by atoms with Gasteiger partial charge in [-0.25, -0.2) is 14.1 Å². The van der Waals surface area contributed by atoms with Crippen molar-refractivity contribution in [3.05, 3.63) is 53.9 Å². The van der Waals surface area contributed by atoms with Crippen molar-refractivity contribution in [3.8, 4) is 0 Å². The number of benzene rings is 1. The molecule has 2 aliphatic rings. The van der Waals surface area contributed by atoms with E-state index in [0.717, 1.165) is 37.2 Å². The van der Waals surface area contributed by atoms with Gasteiger partial charge in [0.2, 0.25) is 0 Å². The number of rotatable bonds is 3. The van der Waals surface area contributed by atoms with E-state index in [9.17, 15) is 4.39 Å². The number of fused-ring (bicyclic) bond motifs is 1. The zero-order valence-corrected chi connectivity index (χ0v) is 14.9. The smallest absolute Gasteiger partial charge is 0.174 e. The van der Waals surface area contributed by atoms with Gasteiger partial charge in [0.15, 0.2) is 5.82 Å². The van der Waals surface area contributed by atoms with Gasteiger partial charge in [0.1, 0.15) is 11.5 Å². The lowest BCUT2D eigenvalue weighted by atomic mass is 9.78. The van der Waals surface area contributed by atoms with Crippen molar-refractivity contribution in [1.29, 1.82) is 0 Å². The van der Waals surface area contributed by atoms with Crippen LogP contribution in [0.2, 0.25) is 0 Å². The van der Waals surface area contributed by atoms with E-state index in [1.807, 2.05) is 23.0 Å². The molecule has 1 aromatic carbocycles. The molecule has 26 heavy (non-hydrogen) atoms. The van der Waals surface area contributed by atoms with E-state index < -0.39 is 5.66 Å². The van der Waals surface area contributed by atoms with Crippen molar-refractivity contribution in [2.24, 2.45) is 17.4 Å². The fraction of sp³-hybridized carbons (Fsp3) is 0.421. The highest BCUT2D eigenvalue weighted by Gasteiger charge is 2.39. The summed E-state index contributed by atoms with van der Waals surface area (Å²) in [6.07, 6.45) is 9.43. The molecule has 0 saturated heterocycles. The lowest BCUT2D eigenvalue weighted by molar-refractivity contribution is 0.239. The van der Waals surface area contributed by atoms with Gasteiger partial charge in [-0.3, -0.25) is 0 Å². The highest BCUT2D eigenvalue weighted by molar-refractivity contribution is 5.76. The number of nitrogens with two attached hydrogens (primary N) is 2. The van der Waals surface area contributed by atoms with Crippen LogP contribution in [0.15, 0.2) is 36.7 Å². The maximum atomic E-state index is 13.9. The van der Waals surface area contributed by atoms with E-state index in [1.54, 1.807) is 19.2 Å². The first-order chi connectivity index (χ1) is 12.4. The van der Waals surface area contributed by atoms with Gasteiger partial charge in [0.05, 0.1) is 5.70 Å². The van der Waals surface area contributed by atoms with Crippen LogP contribution < -0.4 is 22.2 Å². The molecule has 1 atom stereocenters. The van der Waals surface area contributed by atoms with Crippen LogP contribution in [0.4, 0.5) is 10.1 Å². The quantitative estimate of drug-likeness (QED) is 0.678. The summed E-state index contributed by atoms with van der Waals surface area (Å²) in [5.74, 6) is 0.747. The molecule has 0 bridgehead atoms. The molecule has 138 valence electrons. The average Bonchev–Trinajstić information content (AvgIpc) is 3.07. The molecule has 2 heterocycles. The van der Waals surface area contributed by atoms with Gasteiger partial charge in [0, 0.05) is 30.0 Å². The van der Waals surface area contributed by atoms with Gasteiger partial charge in [-0.05, 0) is 56.4 Å². The predicted octanol–water partition coefficient (Wildman–Crippen LogP) is 2.51. The largest absolute Gasteiger partial charge is 0.353 e. The van der Waals surface area contributed by atoms with E-state index in [0.29, 0.717) is 11.3 Å². The molecule has 6 N–H and O–H groups in total. The fourth-order valence-electron chi connectivity index (χ4n) is 3.86. The maximum Gasteiger partial charge on any atom is 0.174 e. The second-order valence-corrected chi connectivity index (χ2v) is 7.42. The number of anilines is 1. The Balaban J connectivity index is 1.66. The van der Waals surface area contributed by atoms with Crippen molar-refractivity contribution in [1.82, 2.24) is 9.66 Å². The summed E-state index contributed by atoms with van der Waals surface area (Å²) in [5.41, 5.74) is 17.5. The standard InChI is InChI=1S/C19H25FN6/c1-12-2-7-15(10-16(12)20)24-17-11-19(22,13-3-5-14(21)6-4-13)25-26-9-8-23-18(17)26/h2,7-11,13-14,24-25H,3-6,21-22H2,1H3. The van der Waals surface area contributed by atoms with Crippen LogP contribution in [0.3, 0.4) is 0 Å². The molecule has 0 amide bonds. The van der Waals surface area contributed by atoms with Crippen molar-refractivity contribution in [2.75, 3.05) is 10.7 Å². The van der Waals surface area contributed by atoms with Crippen LogP contribution in [0.25, 0.3) is 5.70 Å². The van der Waals surface area contributed by atoms with E-state index in [2.05, 4.69) is 15.7 Å². The number of imidazole rings is 1. The SMILES string of the molecule is Cc1ccc(NC2=CC(N)(C3CCC(N)CC3)Nn3ccnc32)cc1F. The molecule has 6 nitrogen and oxygen atoms in total. The van der Waals surface area contributed by atoms with Crippen LogP contribution in [0.1, 0.15) is 37.1 Å². The number of nitrogens with zero attached hydrogens (tertiary/aromatic N) is 2. The zero-order valence-electron chi connectivity index (χ0n) is 14.9. The first-order valence-electron chi connectivity index (χ1n) is 9.07. The Morgan fingerprint density at radius 3 is 2.81 bits per heavy atom. The lowest BCUT2D eigenvalue weighted by Crippen LogP contribution is -2.58. The summed E-state index contributed by atoms with van der Waals surface area (Å²) < 4.78 is 15.8. The molecule has 1 fully saturated rings. The monoisotopic (exact) mass is 356 g/mol. The predicted molar refractivity (Wildman–Crippen MR) is 101 cm³/mol. The van der Waals surface area contributed by atoms with Gasteiger partial charge >= 0.3 is 0 Å². The fourth-order valence-corrected chi connectivity index (χ4v) is 3.86. The Hall–Kier alpha value is -2.38. The Morgan fingerprint density at radius 1 is 1.31 bits per heavy atom. The molecule has 1 aromatic heterocycles. The highest BCUT2D eigenvalue weighted by atomic mass is 19.1. The van der Waals surface area contributed by atoms with Gasteiger partial charge in [-0.15, -0.1) is 0 Å². The molecule has 2 aromatic rings.